The summed E-state index contributed by atoms with van der Waals surface area (Å²) < 4.78 is 0. The third kappa shape index (κ3) is 6.06. The highest BCUT2D eigenvalue weighted by Gasteiger charge is 2.19. The van der Waals surface area contributed by atoms with Crippen LogP contribution in [0.2, 0.25) is 0 Å². The molecule has 1 aliphatic rings. The first-order valence-electron chi connectivity index (χ1n) is 6.83. The summed E-state index contributed by atoms with van der Waals surface area (Å²) in [6.45, 7) is 9.67. The molecular formula is C14H28N2O. The van der Waals surface area contributed by atoms with Crippen LogP contribution in [0.4, 0.5) is 0 Å². The number of hydrogen-bond donors (Lipinski definition) is 1. The van der Waals surface area contributed by atoms with Crippen molar-refractivity contribution in [3.63, 3.8) is 0 Å². The Kier molecular flexibility index (Phi) is 5.44. The van der Waals surface area contributed by atoms with E-state index in [9.17, 15) is 4.79 Å². The predicted molar refractivity (Wildman–Crippen MR) is 71.9 cm³/mol. The molecule has 0 aromatic heterocycles. The van der Waals surface area contributed by atoms with Gasteiger partial charge in [-0.3, -0.25) is 4.79 Å². The molecule has 0 aromatic rings. The Hall–Kier alpha value is -0.570. The first-order valence-corrected chi connectivity index (χ1v) is 6.83. The molecule has 3 heteroatoms. The molecule has 1 heterocycles. The van der Waals surface area contributed by atoms with Gasteiger partial charge in [0.15, 0.2) is 0 Å². The van der Waals surface area contributed by atoms with Crippen LogP contribution in [0.25, 0.3) is 0 Å². The molecule has 1 atom stereocenters. The maximum atomic E-state index is 12.0. The SMILES string of the molecule is CN(CC1CCCNC1)C(=O)CCC(C)(C)C. The van der Waals surface area contributed by atoms with Crippen LogP contribution < -0.4 is 5.32 Å². The summed E-state index contributed by atoms with van der Waals surface area (Å²) in [5.41, 5.74) is 0.253. The van der Waals surface area contributed by atoms with E-state index in [-0.39, 0.29) is 5.41 Å². The van der Waals surface area contributed by atoms with Crippen molar-refractivity contribution in [1.29, 1.82) is 0 Å². The lowest BCUT2D eigenvalue weighted by Gasteiger charge is -2.28. The third-order valence-electron chi connectivity index (χ3n) is 3.45. The van der Waals surface area contributed by atoms with Crippen molar-refractivity contribution in [1.82, 2.24) is 10.2 Å². The summed E-state index contributed by atoms with van der Waals surface area (Å²) >= 11 is 0. The maximum Gasteiger partial charge on any atom is 0.222 e. The van der Waals surface area contributed by atoms with Crippen molar-refractivity contribution >= 4 is 5.91 Å². The molecule has 0 radical (unpaired) electrons. The van der Waals surface area contributed by atoms with Gasteiger partial charge in [0.05, 0.1) is 0 Å². The zero-order valence-corrected chi connectivity index (χ0v) is 11.9. The molecule has 1 amide bonds. The standard InChI is InChI=1S/C14H28N2O/c1-14(2,3)8-7-13(17)16(4)11-12-6-5-9-15-10-12/h12,15H,5-11H2,1-4H3. The minimum Gasteiger partial charge on any atom is -0.345 e. The quantitative estimate of drug-likeness (QED) is 0.817. The highest BCUT2D eigenvalue weighted by molar-refractivity contribution is 5.75. The lowest BCUT2D eigenvalue weighted by Crippen LogP contribution is -2.39. The molecular weight excluding hydrogens is 212 g/mol. The molecule has 0 saturated carbocycles. The number of piperidine rings is 1. The molecule has 0 spiro atoms. The van der Waals surface area contributed by atoms with E-state index in [0.29, 0.717) is 18.2 Å². The van der Waals surface area contributed by atoms with E-state index in [4.69, 9.17) is 0 Å². The number of hydrogen-bond acceptors (Lipinski definition) is 2. The first-order chi connectivity index (χ1) is 7.88. The average molecular weight is 240 g/mol. The topological polar surface area (TPSA) is 32.3 Å². The van der Waals surface area contributed by atoms with E-state index in [2.05, 4.69) is 26.1 Å². The molecule has 17 heavy (non-hydrogen) atoms. The number of nitrogens with one attached hydrogen (secondary N) is 1. The van der Waals surface area contributed by atoms with Crippen LogP contribution in [-0.2, 0) is 4.79 Å². The van der Waals surface area contributed by atoms with Crippen molar-refractivity contribution < 1.29 is 4.79 Å². The van der Waals surface area contributed by atoms with Crippen LogP contribution in [0.3, 0.4) is 0 Å². The Morgan fingerprint density at radius 3 is 2.65 bits per heavy atom. The van der Waals surface area contributed by atoms with Gasteiger partial charge in [-0.05, 0) is 43.7 Å². The summed E-state index contributed by atoms with van der Waals surface area (Å²) in [6.07, 6.45) is 4.15. The van der Waals surface area contributed by atoms with Crippen molar-refractivity contribution in [3.8, 4) is 0 Å². The summed E-state index contributed by atoms with van der Waals surface area (Å²) in [7, 11) is 1.94. The second-order valence-corrected chi connectivity index (χ2v) is 6.55. The Morgan fingerprint density at radius 2 is 2.12 bits per heavy atom. The number of nitrogens with zero attached hydrogens (tertiary/aromatic N) is 1. The maximum absolute atomic E-state index is 12.0. The minimum atomic E-state index is 0.253. The summed E-state index contributed by atoms with van der Waals surface area (Å²) in [4.78, 5) is 13.9. The van der Waals surface area contributed by atoms with E-state index in [1.807, 2.05) is 11.9 Å². The van der Waals surface area contributed by atoms with E-state index < -0.39 is 0 Å². The van der Waals surface area contributed by atoms with Crippen LogP contribution in [0.1, 0.15) is 46.5 Å². The van der Waals surface area contributed by atoms with Gasteiger partial charge in [0.25, 0.3) is 0 Å². The highest BCUT2D eigenvalue weighted by atomic mass is 16.2. The highest BCUT2D eigenvalue weighted by Crippen LogP contribution is 2.21. The molecule has 0 aromatic carbocycles. The average Bonchev–Trinajstić information content (AvgIpc) is 2.26. The molecule has 1 unspecified atom stereocenters. The lowest BCUT2D eigenvalue weighted by atomic mass is 9.90. The minimum absolute atomic E-state index is 0.253. The fraction of sp³-hybridized carbons (Fsp3) is 0.929. The van der Waals surface area contributed by atoms with Gasteiger partial charge in [0, 0.05) is 20.0 Å². The molecule has 1 aliphatic heterocycles. The molecule has 100 valence electrons. The summed E-state index contributed by atoms with van der Waals surface area (Å²) in [6, 6.07) is 0. The Morgan fingerprint density at radius 1 is 1.41 bits per heavy atom. The Labute approximate surface area is 106 Å². The summed E-state index contributed by atoms with van der Waals surface area (Å²) in [5, 5.41) is 3.40. The van der Waals surface area contributed by atoms with Crippen LogP contribution in [-0.4, -0.2) is 37.5 Å². The van der Waals surface area contributed by atoms with Crippen molar-refractivity contribution in [2.75, 3.05) is 26.7 Å². The first kappa shape index (κ1) is 14.5. The van der Waals surface area contributed by atoms with E-state index in [1.54, 1.807) is 0 Å². The largest absolute Gasteiger partial charge is 0.345 e. The predicted octanol–water partition coefficient (Wildman–Crippen LogP) is 2.27. The van der Waals surface area contributed by atoms with Gasteiger partial charge in [-0.25, -0.2) is 0 Å². The molecule has 1 rings (SSSR count). The van der Waals surface area contributed by atoms with Crippen LogP contribution in [0.15, 0.2) is 0 Å². The van der Waals surface area contributed by atoms with Gasteiger partial charge in [0.1, 0.15) is 0 Å². The number of rotatable bonds is 4. The zero-order valence-electron chi connectivity index (χ0n) is 11.9. The second-order valence-electron chi connectivity index (χ2n) is 6.55. The van der Waals surface area contributed by atoms with E-state index in [0.717, 1.165) is 26.1 Å². The molecule has 1 N–H and O–H groups in total. The monoisotopic (exact) mass is 240 g/mol. The molecule has 0 bridgehead atoms. The lowest BCUT2D eigenvalue weighted by molar-refractivity contribution is -0.131. The second kappa shape index (κ2) is 6.39. The molecule has 0 aliphatic carbocycles. The Bertz CT molecular complexity index is 239. The molecule has 1 fully saturated rings. The number of amides is 1. The van der Waals surface area contributed by atoms with Gasteiger partial charge < -0.3 is 10.2 Å². The summed E-state index contributed by atoms with van der Waals surface area (Å²) in [5.74, 6) is 0.942. The molecule has 1 saturated heterocycles. The zero-order chi connectivity index (χ0) is 12.9. The third-order valence-corrected chi connectivity index (χ3v) is 3.45. The fourth-order valence-corrected chi connectivity index (χ4v) is 2.24. The Balaban J connectivity index is 2.26. The van der Waals surface area contributed by atoms with Gasteiger partial charge in [-0.1, -0.05) is 20.8 Å². The normalized spacial score (nSPS) is 21.3. The van der Waals surface area contributed by atoms with Gasteiger partial charge in [-0.15, -0.1) is 0 Å². The van der Waals surface area contributed by atoms with E-state index in [1.165, 1.54) is 12.8 Å². The van der Waals surface area contributed by atoms with E-state index >= 15 is 0 Å². The van der Waals surface area contributed by atoms with Gasteiger partial charge >= 0.3 is 0 Å². The van der Waals surface area contributed by atoms with Crippen LogP contribution >= 0.6 is 0 Å². The van der Waals surface area contributed by atoms with Gasteiger partial charge in [0.2, 0.25) is 5.91 Å². The van der Waals surface area contributed by atoms with Crippen molar-refractivity contribution in [2.24, 2.45) is 11.3 Å². The van der Waals surface area contributed by atoms with Crippen LogP contribution in [0.5, 0.6) is 0 Å². The fourth-order valence-electron chi connectivity index (χ4n) is 2.24. The number of carbonyl (C=O) groups excluding carboxylic acids is 1. The molecule has 3 nitrogen and oxygen atoms in total. The van der Waals surface area contributed by atoms with Gasteiger partial charge in [-0.2, -0.15) is 0 Å². The number of carbonyl (C=O) groups is 1. The van der Waals surface area contributed by atoms with Crippen molar-refractivity contribution in [3.05, 3.63) is 0 Å². The smallest absolute Gasteiger partial charge is 0.222 e. The van der Waals surface area contributed by atoms with Crippen LogP contribution in [0, 0.1) is 11.3 Å². The van der Waals surface area contributed by atoms with Crippen molar-refractivity contribution in [2.45, 2.75) is 46.5 Å².